The van der Waals surface area contributed by atoms with Crippen LogP contribution in [0.25, 0.3) is 0 Å². The molecule has 0 radical (unpaired) electrons. The van der Waals surface area contributed by atoms with Gasteiger partial charge in [-0.15, -0.1) is 0 Å². The Morgan fingerprint density at radius 3 is 2.67 bits per heavy atom. The first kappa shape index (κ1) is 17.3. The van der Waals surface area contributed by atoms with Crippen LogP contribution in [0.1, 0.15) is 32.8 Å². The minimum atomic E-state index is -0.178. The van der Waals surface area contributed by atoms with Gasteiger partial charge in [-0.1, -0.05) is 6.07 Å². The molecule has 118 valence electrons. The summed E-state index contributed by atoms with van der Waals surface area (Å²) < 4.78 is 15.9. The van der Waals surface area contributed by atoms with Crippen LogP contribution in [0, 0.1) is 0 Å². The van der Waals surface area contributed by atoms with Crippen molar-refractivity contribution in [2.45, 2.75) is 39.8 Å². The Morgan fingerprint density at radius 1 is 1.29 bits per heavy atom. The molecular formula is C16H25NO4. The smallest absolute Gasteiger partial charge is 0.307 e. The van der Waals surface area contributed by atoms with Crippen molar-refractivity contribution < 1.29 is 19.0 Å². The van der Waals surface area contributed by atoms with Crippen molar-refractivity contribution in [3.63, 3.8) is 0 Å². The van der Waals surface area contributed by atoms with Gasteiger partial charge in [-0.2, -0.15) is 0 Å². The van der Waals surface area contributed by atoms with E-state index in [1.54, 1.807) is 14.0 Å². The van der Waals surface area contributed by atoms with Crippen LogP contribution >= 0.6 is 0 Å². The maximum atomic E-state index is 11.2. The third-order valence-corrected chi connectivity index (χ3v) is 2.73. The van der Waals surface area contributed by atoms with Crippen molar-refractivity contribution in [3.05, 3.63) is 23.8 Å². The van der Waals surface area contributed by atoms with E-state index < -0.39 is 0 Å². The second kappa shape index (κ2) is 9.23. The SMILES string of the molecule is CCOC(=O)CCNCc1ccc(OC(C)C)c(OC)c1. The minimum Gasteiger partial charge on any atom is -0.493 e. The summed E-state index contributed by atoms with van der Waals surface area (Å²) in [7, 11) is 1.63. The molecule has 0 aromatic heterocycles. The van der Waals surface area contributed by atoms with Crippen molar-refractivity contribution in [3.8, 4) is 11.5 Å². The van der Waals surface area contributed by atoms with Crippen LogP contribution in [0.3, 0.4) is 0 Å². The van der Waals surface area contributed by atoms with Crippen LogP contribution in [-0.2, 0) is 16.1 Å². The maximum absolute atomic E-state index is 11.2. The molecule has 0 heterocycles. The Bertz CT molecular complexity index is 446. The van der Waals surface area contributed by atoms with Gasteiger partial charge in [0.15, 0.2) is 11.5 Å². The summed E-state index contributed by atoms with van der Waals surface area (Å²) in [6, 6.07) is 5.83. The highest BCUT2D eigenvalue weighted by Crippen LogP contribution is 2.28. The second-order valence-corrected chi connectivity index (χ2v) is 4.88. The monoisotopic (exact) mass is 295 g/mol. The predicted octanol–water partition coefficient (Wildman–Crippen LogP) is 2.53. The number of nitrogens with one attached hydrogen (secondary N) is 1. The van der Waals surface area contributed by atoms with Gasteiger partial charge in [-0.3, -0.25) is 4.79 Å². The molecule has 1 aromatic carbocycles. The van der Waals surface area contributed by atoms with Gasteiger partial charge in [-0.25, -0.2) is 0 Å². The number of methoxy groups -OCH3 is 1. The lowest BCUT2D eigenvalue weighted by atomic mass is 10.2. The number of carbonyl (C=O) groups excluding carboxylic acids is 1. The first-order valence-electron chi connectivity index (χ1n) is 7.26. The van der Waals surface area contributed by atoms with Gasteiger partial charge in [-0.05, 0) is 38.5 Å². The summed E-state index contributed by atoms with van der Waals surface area (Å²) in [6.45, 7) is 7.43. The van der Waals surface area contributed by atoms with E-state index in [1.807, 2.05) is 32.0 Å². The molecule has 0 unspecified atom stereocenters. The standard InChI is InChI=1S/C16H25NO4/c1-5-20-16(18)8-9-17-11-13-6-7-14(21-12(2)3)15(10-13)19-4/h6-7,10,12,17H,5,8-9,11H2,1-4H3. The van der Waals surface area contributed by atoms with Crippen LogP contribution in [0.5, 0.6) is 11.5 Å². The zero-order chi connectivity index (χ0) is 15.7. The lowest BCUT2D eigenvalue weighted by Crippen LogP contribution is -2.19. The third kappa shape index (κ3) is 6.49. The van der Waals surface area contributed by atoms with E-state index in [-0.39, 0.29) is 12.1 Å². The Hall–Kier alpha value is -1.75. The number of hydrogen-bond donors (Lipinski definition) is 1. The van der Waals surface area contributed by atoms with Crippen LogP contribution in [-0.4, -0.2) is 32.3 Å². The molecule has 0 fully saturated rings. The van der Waals surface area contributed by atoms with Crippen LogP contribution < -0.4 is 14.8 Å². The highest BCUT2D eigenvalue weighted by molar-refractivity contribution is 5.69. The average molecular weight is 295 g/mol. The molecule has 5 nitrogen and oxygen atoms in total. The van der Waals surface area contributed by atoms with E-state index in [0.717, 1.165) is 11.3 Å². The highest BCUT2D eigenvalue weighted by Gasteiger charge is 2.07. The molecule has 1 aromatic rings. The second-order valence-electron chi connectivity index (χ2n) is 4.88. The summed E-state index contributed by atoms with van der Waals surface area (Å²) in [4.78, 5) is 11.2. The summed E-state index contributed by atoms with van der Waals surface area (Å²) in [5.74, 6) is 1.28. The van der Waals surface area contributed by atoms with Crippen molar-refractivity contribution in [1.82, 2.24) is 5.32 Å². The fourth-order valence-electron chi connectivity index (χ4n) is 1.83. The molecule has 1 rings (SSSR count). The molecule has 0 aliphatic carbocycles. The molecule has 0 spiro atoms. The normalized spacial score (nSPS) is 10.5. The number of hydrogen-bond acceptors (Lipinski definition) is 5. The highest BCUT2D eigenvalue weighted by atomic mass is 16.5. The van der Waals surface area contributed by atoms with Gasteiger partial charge in [0, 0.05) is 13.1 Å². The summed E-state index contributed by atoms with van der Waals surface area (Å²) in [5, 5.41) is 3.21. The van der Waals surface area contributed by atoms with Gasteiger partial charge in [0.05, 0.1) is 26.2 Å². The fourth-order valence-corrected chi connectivity index (χ4v) is 1.83. The molecule has 0 saturated heterocycles. The van der Waals surface area contributed by atoms with E-state index >= 15 is 0 Å². The predicted molar refractivity (Wildman–Crippen MR) is 81.7 cm³/mol. The van der Waals surface area contributed by atoms with Gasteiger partial charge < -0.3 is 19.5 Å². The molecule has 0 amide bonds. The van der Waals surface area contributed by atoms with E-state index in [4.69, 9.17) is 14.2 Å². The number of benzene rings is 1. The number of rotatable bonds is 9. The van der Waals surface area contributed by atoms with Gasteiger partial charge in [0.25, 0.3) is 0 Å². The molecule has 1 N–H and O–H groups in total. The first-order valence-corrected chi connectivity index (χ1v) is 7.26. The van der Waals surface area contributed by atoms with Crippen molar-refractivity contribution >= 4 is 5.97 Å². The average Bonchev–Trinajstić information content (AvgIpc) is 2.44. The zero-order valence-electron chi connectivity index (χ0n) is 13.3. The molecule has 21 heavy (non-hydrogen) atoms. The molecule has 5 heteroatoms. The van der Waals surface area contributed by atoms with Gasteiger partial charge >= 0.3 is 5.97 Å². The van der Waals surface area contributed by atoms with Crippen LogP contribution in [0.4, 0.5) is 0 Å². The molecular weight excluding hydrogens is 270 g/mol. The maximum Gasteiger partial charge on any atom is 0.307 e. The van der Waals surface area contributed by atoms with Gasteiger partial charge in [0.1, 0.15) is 0 Å². The summed E-state index contributed by atoms with van der Waals surface area (Å²) in [6.07, 6.45) is 0.479. The Balaban J connectivity index is 2.47. The summed E-state index contributed by atoms with van der Waals surface area (Å²) in [5.41, 5.74) is 1.08. The van der Waals surface area contributed by atoms with Crippen molar-refractivity contribution in [2.24, 2.45) is 0 Å². The number of ether oxygens (including phenoxy) is 3. The Labute approximate surface area is 126 Å². The molecule has 0 saturated carbocycles. The van der Waals surface area contributed by atoms with Crippen molar-refractivity contribution in [1.29, 1.82) is 0 Å². The number of esters is 1. The fraction of sp³-hybridized carbons (Fsp3) is 0.562. The van der Waals surface area contributed by atoms with Crippen LogP contribution in [0.15, 0.2) is 18.2 Å². The Kier molecular flexibility index (Phi) is 7.61. The molecule has 0 bridgehead atoms. The minimum absolute atomic E-state index is 0.104. The zero-order valence-corrected chi connectivity index (χ0v) is 13.3. The van der Waals surface area contributed by atoms with E-state index in [9.17, 15) is 4.79 Å². The lowest BCUT2D eigenvalue weighted by Gasteiger charge is -2.14. The van der Waals surface area contributed by atoms with Crippen molar-refractivity contribution in [2.75, 3.05) is 20.3 Å². The topological polar surface area (TPSA) is 56.8 Å². The van der Waals surface area contributed by atoms with E-state index in [2.05, 4.69) is 5.32 Å². The van der Waals surface area contributed by atoms with E-state index in [0.29, 0.717) is 31.9 Å². The molecule has 0 aliphatic rings. The lowest BCUT2D eigenvalue weighted by molar-refractivity contribution is -0.142. The van der Waals surface area contributed by atoms with E-state index in [1.165, 1.54) is 0 Å². The first-order chi connectivity index (χ1) is 10.1. The molecule has 0 atom stereocenters. The third-order valence-electron chi connectivity index (χ3n) is 2.73. The quantitative estimate of drug-likeness (QED) is 0.560. The molecule has 0 aliphatic heterocycles. The largest absolute Gasteiger partial charge is 0.493 e. The van der Waals surface area contributed by atoms with Gasteiger partial charge in [0.2, 0.25) is 0 Å². The Morgan fingerprint density at radius 2 is 2.05 bits per heavy atom. The number of carbonyl (C=O) groups is 1. The van der Waals surface area contributed by atoms with Crippen LogP contribution in [0.2, 0.25) is 0 Å². The summed E-state index contributed by atoms with van der Waals surface area (Å²) >= 11 is 0.